The van der Waals surface area contributed by atoms with Gasteiger partial charge in [0.2, 0.25) is 10.0 Å². The van der Waals surface area contributed by atoms with Crippen molar-refractivity contribution in [3.8, 4) is 5.75 Å². The van der Waals surface area contributed by atoms with E-state index in [2.05, 4.69) is 12.1 Å². The fraction of sp³-hybridized carbons (Fsp3) is 0.538. The Morgan fingerprint density at radius 1 is 1.06 bits per heavy atom. The molecule has 2 aromatic carbocycles. The van der Waals surface area contributed by atoms with Crippen molar-refractivity contribution in [3.63, 3.8) is 0 Å². The third-order valence-electron chi connectivity index (χ3n) is 7.19. The summed E-state index contributed by atoms with van der Waals surface area (Å²) in [6.45, 7) is 5.43. The van der Waals surface area contributed by atoms with Crippen LogP contribution >= 0.6 is 0 Å². The third kappa shape index (κ3) is 4.83. The second kappa shape index (κ2) is 9.74. The van der Waals surface area contributed by atoms with Gasteiger partial charge in [0.15, 0.2) is 0 Å². The van der Waals surface area contributed by atoms with Crippen LogP contribution in [0.5, 0.6) is 5.75 Å². The number of nitrogens with two attached hydrogens (primary N) is 1. The molecule has 2 N–H and O–H groups in total. The number of benzene rings is 2. The Hall–Kier alpha value is -1.93. The summed E-state index contributed by atoms with van der Waals surface area (Å²) >= 11 is 0. The molecule has 2 fully saturated rings. The van der Waals surface area contributed by atoms with Crippen molar-refractivity contribution < 1.29 is 17.9 Å². The van der Waals surface area contributed by atoms with E-state index in [9.17, 15) is 8.42 Å². The van der Waals surface area contributed by atoms with Gasteiger partial charge >= 0.3 is 0 Å². The predicted molar refractivity (Wildman–Crippen MR) is 129 cm³/mol. The fourth-order valence-corrected chi connectivity index (χ4v) is 6.88. The van der Waals surface area contributed by atoms with Crippen LogP contribution in [0.4, 0.5) is 0 Å². The predicted octanol–water partition coefficient (Wildman–Crippen LogP) is 4.05. The van der Waals surface area contributed by atoms with Crippen LogP contribution in [0.15, 0.2) is 59.5 Å². The molecular weight excluding hydrogens is 436 g/mol. The van der Waals surface area contributed by atoms with Crippen molar-refractivity contribution in [1.29, 1.82) is 0 Å². The molecule has 33 heavy (non-hydrogen) atoms. The van der Waals surface area contributed by atoms with Gasteiger partial charge < -0.3 is 15.2 Å². The molecule has 7 heteroatoms. The maximum absolute atomic E-state index is 13.4. The Balaban J connectivity index is 1.45. The van der Waals surface area contributed by atoms with Crippen molar-refractivity contribution in [2.24, 2.45) is 23.5 Å². The number of nitrogens with zero attached hydrogens (tertiary/aromatic N) is 1. The van der Waals surface area contributed by atoms with E-state index >= 15 is 0 Å². The standard InChI is InChI=1S/C26H36N2O4S/c1-19(2)17-28(33(29,30)22-11-9-21(31-3)10-12-22)16-15-25(27)26(23-13-14-24(23)26)32-18-20-7-5-4-6-8-20/h4-12,19,23-25H,13-18,27H2,1-3H3/t23-,24?,25+,26?/m0/s1. The van der Waals surface area contributed by atoms with Crippen LogP contribution < -0.4 is 10.5 Å². The maximum atomic E-state index is 13.4. The van der Waals surface area contributed by atoms with E-state index in [1.54, 1.807) is 35.7 Å². The Labute approximate surface area is 198 Å². The molecule has 2 saturated carbocycles. The Morgan fingerprint density at radius 3 is 2.24 bits per heavy atom. The van der Waals surface area contributed by atoms with E-state index < -0.39 is 10.0 Å². The number of sulfonamides is 1. The van der Waals surface area contributed by atoms with Gasteiger partial charge in [-0.25, -0.2) is 8.42 Å². The SMILES string of the molecule is COc1ccc(S(=O)(=O)N(CC[C@@H](N)C2(OCc3ccccc3)C3CC[C@@H]32)CC(C)C)cc1. The lowest BCUT2D eigenvalue weighted by molar-refractivity contribution is -0.0138. The Bertz CT molecular complexity index is 1010. The first-order chi connectivity index (χ1) is 15.8. The second-order valence-corrected chi connectivity index (χ2v) is 11.7. The number of fused-ring (bicyclic) bond motifs is 1. The van der Waals surface area contributed by atoms with Crippen LogP contribution in [0, 0.1) is 17.8 Å². The fourth-order valence-electron chi connectivity index (χ4n) is 5.26. The van der Waals surface area contributed by atoms with Crippen LogP contribution in [-0.4, -0.2) is 44.6 Å². The van der Waals surface area contributed by atoms with Crippen LogP contribution in [-0.2, 0) is 21.4 Å². The van der Waals surface area contributed by atoms with Crippen LogP contribution in [0.1, 0.15) is 38.7 Å². The Kier molecular flexibility index (Phi) is 7.15. The van der Waals surface area contributed by atoms with E-state index in [0.717, 1.165) is 18.4 Å². The summed E-state index contributed by atoms with van der Waals surface area (Å²) < 4.78 is 40.0. The van der Waals surface area contributed by atoms with Gasteiger partial charge in [0, 0.05) is 19.1 Å². The molecule has 0 amide bonds. The monoisotopic (exact) mass is 472 g/mol. The minimum atomic E-state index is -3.63. The molecule has 0 saturated heterocycles. The average Bonchev–Trinajstić information content (AvgIpc) is 3.28. The highest BCUT2D eigenvalue weighted by Gasteiger charge is 2.72. The Morgan fingerprint density at radius 2 is 1.70 bits per heavy atom. The molecular formula is C26H36N2O4S. The highest BCUT2D eigenvalue weighted by atomic mass is 32.2. The summed E-state index contributed by atoms with van der Waals surface area (Å²) in [5.41, 5.74) is 7.56. The van der Waals surface area contributed by atoms with E-state index in [4.69, 9.17) is 15.2 Å². The zero-order valence-electron chi connectivity index (χ0n) is 19.8. The highest BCUT2D eigenvalue weighted by Crippen LogP contribution is 2.68. The minimum Gasteiger partial charge on any atom is -0.497 e. The molecule has 0 aromatic heterocycles. The third-order valence-corrected chi connectivity index (χ3v) is 9.07. The molecule has 4 atom stereocenters. The summed E-state index contributed by atoms with van der Waals surface area (Å²) in [6.07, 6.45) is 2.86. The van der Waals surface area contributed by atoms with E-state index in [-0.39, 0.29) is 22.5 Å². The summed E-state index contributed by atoms with van der Waals surface area (Å²) in [5, 5.41) is 0. The van der Waals surface area contributed by atoms with E-state index in [0.29, 0.717) is 43.7 Å². The molecule has 6 nitrogen and oxygen atoms in total. The van der Waals surface area contributed by atoms with Crippen LogP contribution in [0.2, 0.25) is 0 Å². The number of hydrogen-bond acceptors (Lipinski definition) is 5. The van der Waals surface area contributed by atoms with Gasteiger partial charge in [0.25, 0.3) is 0 Å². The summed E-state index contributed by atoms with van der Waals surface area (Å²) in [7, 11) is -2.06. The smallest absolute Gasteiger partial charge is 0.243 e. The number of hydrogen-bond donors (Lipinski definition) is 1. The van der Waals surface area contributed by atoms with E-state index in [1.807, 2.05) is 32.0 Å². The lowest BCUT2D eigenvalue weighted by Gasteiger charge is -2.29. The van der Waals surface area contributed by atoms with Crippen molar-refractivity contribution in [2.45, 2.75) is 56.3 Å². The van der Waals surface area contributed by atoms with Crippen LogP contribution in [0.3, 0.4) is 0 Å². The van der Waals surface area contributed by atoms with Gasteiger partial charge in [-0.3, -0.25) is 0 Å². The molecule has 2 unspecified atom stereocenters. The van der Waals surface area contributed by atoms with Gasteiger partial charge in [-0.15, -0.1) is 0 Å². The van der Waals surface area contributed by atoms with Gasteiger partial charge in [-0.2, -0.15) is 4.31 Å². The first-order valence-corrected chi connectivity index (χ1v) is 13.3. The minimum absolute atomic E-state index is 0.195. The molecule has 180 valence electrons. The molecule has 0 heterocycles. The summed E-state index contributed by atoms with van der Waals surface area (Å²) in [6, 6.07) is 16.5. The molecule has 0 spiro atoms. The van der Waals surface area contributed by atoms with Crippen molar-refractivity contribution in [1.82, 2.24) is 4.31 Å². The van der Waals surface area contributed by atoms with Crippen molar-refractivity contribution in [3.05, 3.63) is 60.2 Å². The molecule has 4 rings (SSSR count). The zero-order chi connectivity index (χ0) is 23.6. The van der Waals surface area contributed by atoms with E-state index in [1.165, 1.54) is 0 Å². The second-order valence-electron chi connectivity index (χ2n) is 9.75. The van der Waals surface area contributed by atoms with Crippen LogP contribution in [0.25, 0.3) is 0 Å². The molecule has 2 aromatic rings. The van der Waals surface area contributed by atoms with Gasteiger partial charge in [0.05, 0.1) is 24.2 Å². The first kappa shape index (κ1) is 24.2. The molecule has 2 aliphatic rings. The average molecular weight is 473 g/mol. The lowest BCUT2D eigenvalue weighted by atomic mass is 10.0. The maximum Gasteiger partial charge on any atom is 0.243 e. The first-order valence-electron chi connectivity index (χ1n) is 11.9. The zero-order valence-corrected chi connectivity index (χ0v) is 20.6. The summed E-state index contributed by atoms with van der Waals surface area (Å²) in [4.78, 5) is 0.277. The molecule has 0 bridgehead atoms. The summed E-state index contributed by atoms with van der Waals surface area (Å²) in [5.74, 6) is 1.85. The molecule has 0 aliphatic heterocycles. The van der Waals surface area contributed by atoms with Crippen molar-refractivity contribution >= 4 is 10.0 Å². The highest BCUT2D eigenvalue weighted by molar-refractivity contribution is 7.89. The normalized spacial score (nSPS) is 24.9. The topological polar surface area (TPSA) is 81.9 Å². The number of methoxy groups -OCH3 is 1. The quantitative estimate of drug-likeness (QED) is 0.504. The largest absolute Gasteiger partial charge is 0.497 e. The van der Waals surface area contributed by atoms with Gasteiger partial charge in [-0.1, -0.05) is 44.2 Å². The number of rotatable bonds is 12. The van der Waals surface area contributed by atoms with Crippen molar-refractivity contribution in [2.75, 3.05) is 20.2 Å². The van der Waals surface area contributed by atoms with Gasteiger partial charge in [-0.05, 0) is 66.8 Å². The lowest BCUT2D eigenvalue weighted by Crippen LogP contribution is -2.45. The number of ether oxygens (including phenoxy) is 2. The molecule has 2 aliphatic carbocycles. The van der Waals surface area contributed by atoms with Gasteiger partial charge in [0.1, 0.15) is 5.75 Å². The molecule has 0 radical (unpaired) electrons.